The third-order valence-corrected chi connectivity index (χ3v) is 4.15. The van der Waals surface area contributed by atoms with Crippen molar-refractivity contribution < 1.29 is 9.53 Å². The lowest BCUT2D eigenvalue weighted by atomic mass is 10.1. The first-order chi connectivity index (χ1) is 11.8. The molecule has 126 valence electrons. The molecule has 0 aliphatic carbocycles. The first-order valence-corrected chi connectivity index (χ1v) is 8.43. The van der Waals surface area contributed by atoms with Gasteiger partial charge < -0.3 is 15.0 Å². The van der Waals surface area contributed by atoms with E-state index in [1.54, 1.807) is 6.20 Å². The third kappa shape index (κ3) is 4.32. The van der Waals surface area contributed by atoms with Crippen LogP contribution >= 0.6 is 0 Å². The van der Waals surface area contributed by atoms with Crippen LogP contribution in [0.2, 0.25) is 0 Å². The number of anilines is 1. The average molecular weight is 325 g/mol. The van der Waals surface area contributed by atoms with Crippen LogP contribution in [0, 0.1) is 0 Å². The molecule has 1 saturated heterocycles. The molecule has 0 spiro atoms. The fourth-order valence-corrected chi connectivity index (χ4v) is 2.88. The number of ether oxygens (including phenoxy) is 1. The van der Waals surface area contributed by atoms with E-state index in [2.05, 4.69) is 21.3 Å². The Bertz CT molecular complexity index is 655. The summed E-state index contributed by atoms with van der Waals surface area (Å²) in [5.74, 6) is -0.0109. The van der Waals surface area contributed by atoms with E-state index in [9.17, 15) is 4.79 Å². The molecule has 1 fully saturated rings. The first-order valence-electron chi connectivity index (χ1n) is 8.43. The van der Waals surface area contributed by atoms with Gasteiger partial charge in [-0.2, -0.15) is 0 Å². The lowest BCUT2D eigenvalue weighted by Gasteiger charge is -2.30. The quantitative estimate of drug-likeness (QED) is 0.828. The number of rotatable bonds is 6. The number of benzene rings is 1. The molecule has 2 aromatic rings. The summed E-state index contributed by atoms with van der Waals surface area (Å²) in [5, 5.41) is 3.03. The summed E-state index contributed by atoms with van der Waals surface area (Å²) in [6, 6.07) is 11.8. The Balaban J connectivity index is 1.55. The number of nitrogens with zero attached hydrogens (tertiary/aromatic N) is 2. The maximum absolute atomic E-state index is 12.5. The number of nitrogens with one attached hydrogen (secondary N) is 1. The second kappa shape index (κ2) is 8.45. The van der Waals surface area contributed by atoms with Crippen molar-refractivity contribution in [3.8, 4) is 0 Å². The lowest BCUT2D eigenvalue weighted by molar-refractivity contribution is 0.0951. The highest BCUT2D eigenvalue weighted by molar-refractivity contribution is 5.99. The molecule has 1 aromatic carbocycles. The van der Waals surface area contributed by atoms with Gasteiger partial charge in [0.2, 0.25) is 0 Å². The highest BCUT2D eigenvalue weighted by Gasteiger charge is 2.17. The topological polar surface area (TPSA) is 54.5 Å². The summed E-state index contributed by atoms with van der Waals surface area (Å²) in [7, 11) is 0. The van der Waals surface area contributed by atoms with Crippen LogP contribution < -0.4 is 10.2 Å². The fraction of sp³-hybridized carbons (Fsp3) is 0.368. The molecule has 3 rings (SSSR count). The molecule has 1 amide bonds. The second-order valence-electron chi connectivity index (χ2n) is 5.84. The van der Waals surface area contributed by atoms with Crippen LogP contribution in [0.4, 0.5) is 5.69 Å². The van der Waals surface area contributed by atoms with Gasteiger partial charge in [0.15, 0.2) is 0 Å². The smallest absolute Gasteiger partial charge is 0.253 e. The van der Waals surface area contributed by atoms with Crippen LogP contribution in [0.1, 0.15) is 22.3 Å². The van der Waals surface area contributed by atoms with Gasteiger partial charge in [-0.25, -0.2) is 0 Å². The Morgan fingerprint density at radius 2 is 2.00 bits per heavy atom. The number of carbonyl (C=O) groups excluding carboxylic acids is 1. The summed E-state index contributed by atoms with van der Waals surface area (Å²) in [6.45, 7) is 3.73. The van der Waals surface area contributed by atoms with Gasteiger partial charge in [-0.1, -0.05) is 18.2 Å². The van der Waals surface area contributed by atoms with E-state index in [1.807, 2.05) is 36.5 Å². The van der Waals surface area contributed by atoms with Gasteiger partial charge in [0.05, 0.1) is 18.8 Å². The van der Waals surface area contributed by atoms with E-state index in [-0.39, 0.29) is 5.91 Å². The molecule has 5 nitrogen and oxygen atoms in total. The van der Waals surface area contributed by atoms with Crippen molar-refractivity contribution in [2.45, 2.75) is 12.8 Å². The maximum atomic E-state index is 12.5. The molecular weight excluding hydrogens is 302 g/mol. The van der Waals surface area contributed by atoms with Crippen LogP contribution in [0.15, 0.2) is 48.8 Å². The number of hydrogen-bond acceptors (Lipinski definition) is 4. The minimum atomic E-state index is -0.0109. The largest absolute Gasteiger partial charge is 0.378 e. The van der Waals surface area contributed by atoms with Crippen LogP contribution in [0.25, 0.3) is 0 Å². The van der Waals surface area contributed by atoms with Crippen molar-refractivity contribution in [2.24, 2.45) is 0 Å². The Kier molecular flexibility index (Phi) is 5.80. The summed E-state index contributed by atoms with van der Waals surface area (Å²) < 4.78 is 5.40. The second-order valence-corrected chi connectivity index (χ2v) is 5.84. The molecule has 1 aliphatic heterocycles. The van der Waals surface area contributed by atoms with Crippen LogP contribution in [0.3, 0.4) is 0 Å². The molecule has 0 unspecified atom stereocenters. The van der Waals surface area contributed by atoms with Crippen LogP contribution in [-0.4, -0.2) is 43.7 Å². The van der Waals surface area contributed by atoms with Gasteiger partial charge in [0.1, 0.15) is 0 Å². The SMILES string of the molecule is O=C(NCCCc1cccnc1)c1ccccc1N1CCOCC1. The van der Waals surface area contributed by atoms with E-state index < -0.39 is 0 Å². The highest BCUT2D eigenvalue weighted by Crippen LogP contribution is 2.21. The summed E-state index contributed by atoms with van der Waals surface area (Å²) in [4.78, 5) is 18.9. The van der Waals surface area contributed by atoms with Crippen LogP contribution in [-0.2, 0) is 11.2 Å². The summed E-state index contributed by atoms with van der Waals surface area (Å²) in [5.41, 5.74) is 2.92. The van der Waals surface area contributed by atoms with Gasteiger partial charge >= 0.3 is 0 Å². The minimum Gasteiger partial charge on any atom is -0.378 e. The lowest BCUT2D eigenvalue weighted by Crippen LogP contribution is -2.38. The van der Waals surface area contributed by atoms with E-state index in [0.29, 0.717) is 19.8 Å². The van der Waals surface area contributed by atoms with Crippen molar-refractivity contribution in [3.63, 3.8) is 0 Å². The van der Waals surface area contributed by atoms with E-state index in [0.717, 1.165) is 37.2 Å². The third-order valence-electron chi connectivity index (χ3n) is 4.15. The maximum Gasteiger partial charge on any atom is 0.253 e. The fourth-order valence-electron chi connectivity index (χ4n) is 2.88. The monoisotopic (exact) mass is 325 g/mol. The number of aryl methyl sites for hydroxylation is 1. The Hall–Kier alpha value is -2.40. The molecule has 1 N–H and O–H groups in total. The number of para-hydroxylation sites is 1. The van der Waals surface area contributed by atoms with Crippen molar-refractivity contribution in [2.75, 3.05) is 37.7 Å². The number of carbonyl (C=O) groups is 1. The molecule has 1 aromatic heterocycles. The average Bonchev–Trinajstić information content (AvgIpc) is 2.66. The van der Waals surface area contributed by atoms with Crippen molar-refractivity contribution in [3.05, 3.63) is 59.9 Å². The Labute approximate surface area is 142 Å². The van der Waals surface area contributed by atoms with Gasteiger partial charge in [-0.15, -0.1) is 0 Å². The van der Waals surface area contributed by atoms with Crippen molar-refractivity contribution in [1.82, 2.24) is 10.3 Å². The Morgan fingerprint density at radius 1 is 1.17 bits per heavy atom. The number of amides is 1. The molecule has 0 atom stereocenters. The first kappa shape index (κ1) is 16.5. The summed E-state index contributed by atoms with van der Waals surface area (Å²) in [6.07, 6.45) is 5.46. The van der Waals surface area contributed by atoms with Crippen molar-refractivity contribution >= 4 is 11.6 Å². The summed E-state index contributed by atoms with van der Waals surface area (Å²) >= 11 is 0. The highest BCUT2D eigenvalue weighted by atomic mass is 16.5. The standard InChI is InChI=1S/C19H23N3O2/c23-19(21-10-4-6-16-5-3-9-20-15-16)17-7-1-2-8-18(17)22-11-13-24-14-12-22/h1-3,5,7-9,15H,4,6,10-14H2,(H,21,23). The zero-order valence-corrected chi connectivity index (χ0v) is 13.8. The predicted octanol–water partition coefficient (Wildman–Crippen LogP) is 2.28. The number of morpholine rings is 1. The molecule has 24 heavy (non-hydrogen) atoms. The molecular formula is C19H23N3O2. The molecule has 0 bridgehead atoms. The van der Waals surface area contributed by atoms with Gasteiger partial charge in [0, 0.05) is 37.7 Å². The predicted molar refractivity (Wildman–Crippen MR) is 94.4 cm³/mol. The number of aromatic nitrogens is 1. The number of hydrogen-bond donors (Lipinski definition) is 1. The van der Waals surface area contributed by atoms with Gasteiger partial charge in [-0.3, -0.25) is 9.78 Å². The molecule has 2 heterocycles. The molecule has 5 heteroatoms. The van der Waals surface area contributed by atoms with Gasteiger partial charge in [0.25, 0.3) is 5.91 Å². The number of pyridine rings is 1. The van der Waals surface area contributed by atoms with E-state index in [4.69, 9.17) is 4.74 Å². The minimum absolute atomic E-state index is 0.0109. The normalized spacial score (nSPS) is 14.4. The van der Waals surface area contributed by atoms with Crippen molar-refractivity contribution in [1.29, 1.82) is 0 Å². The van der Waals surface area contributed by atoms with E-state index >= 15 is 0 Å². The van der Waals surface area contributed by atoms with Gasteiger partial charge in [-0.05, 0) is 36.6 Å². The Morgan fingerprint density at radius 3 is 2.79 bits per heavy atom. The van der Waals surface area contributed by atoms with E-state index in [1.165, 1.54) is 5.56 Å². The molecule has 0 saturated carbocycles. The van der Waals surface area contributed by atoms with Crippen LogP contribution in [0.5, 0.6) is 0 Å². The molecule has 0 radical (unpaired) electrons. The molecule has 1 aliphatic rings. The zero-order valence-electron chi connectivity index (χ0n) is 13.8. The zero-order chi connectivity index (χ0) is 16.6.